The Morgan fingerprint density at radius 1 is 1.12 bits per heavy atom. The van der Waals surface area contributed by atoms with Crippen LogP contribution in [0.4, 0.5) is 10.8 Å². The van der Waals surface area contributed by atoms with Crippen LogP contribution in [0.25, 0.3) is 15.9 Å². The average Bonchev–Trinajstić information content (AvgIpc) is 3.16. The van der Waals surface area contributed by atoms with Crippen LogP contribution >= 0.6 is 22.9 Å². The van der Waals surface area contributed by atoms with Crippen molar-refractivity contribution in [3.05, 3.63) is 62.9 Å². The summed E-state index contributed by atoms with van der Waals surface area (Å²) in [7, 11) is 0. The first kappa shape index (κ1) is 21.7. The molecule has 32 heavy (non-hydrogen) atoms. The van der Waals surface area contributed by atoms with E-state index >= 15 is 0 Å². The molecule has 9 nitrogen and oxygen atoms in total. The van der Waals surface area contributed by atoms with E-state index in [0.717, 1.165) is 11.3 Å². The van der Waals surface area contributed by atoms with E-state index in [1.165, 1.54) is 22.8 Å². The Labute approximate surface area is 191 Å². The van der Waals surface area contributed by atoms with Crippen molar-refractivity contribution in [1.82, 2.24) is 25.2 Å². The highest BCUT2D eigenvalue weighted by molar-refractivity contribution is 7.20. The van der Waals surface area contributed by atoms with Gasteiger partial charge in [-0.25, -0.2) is 4.98 Å². The summed E-state index contributed by atoms with van der Waals surface area (Å²) in [5.74, 6) is -0.482. The predicted octanol–water partition coefficient (Wildman–Crippen LogP) is 2.88. The number of aromatic nitrogens is 3. The van der Waals surface area contributed by atoms with Gasteiger partial charge in [-0.15, -0.1) is 5.10 Å². The van der Waals surface area contributed by atoms with Gasteiger partial charge in [0.15, 0.2) is 0 Å². The van der Waals surface area contributed by atoms with Crippen LogP contribution in [0.15, 0.2) is 41.2 Å². The van der Waals surface area contributed by atoms with Crippen LogP contribution in [-0.2, 0) is 4.79 Å². The molecule has 164 valence electrons. The highest BCUT2D eigenvalue weighted by Gasteiger charge is 2.14. The summed E-state index contributed by atoms with van der Waals surface area (Å²) in [4.78, 5) is 41.1. The maximum Gasteiger partial charge on any atom is 0.283 e. The van der Waals surface area contributed by atoms with Gasteiger partial charge >= 0.3 is 0 Å². The molecule has 2 aromatic carbocycles. The van der Waals surface area contributed by atoms with Crippen molar-refractivity contribution in [3.63, 3.8) is 0 Å². The summed E-state index contributed by atoms with van der Waals surface area (Å²) in [6.45, 7) is 3.97. The molecule has 0 aliphatic carbocycles. The summed E-state index contributed by atoms with van der Waals surface area (Å²) < 4.78 is 1.24. The molecule has 11 heteroatoms. The highest BCUT2D eigenvalue weighted by atomic mass is 35.5. The van der Waals surface area contributed by atoms with Gasteiger partial charge in [-0.2, -0.15) is 4.52 Å². The van der Waals surface area contributed by atoms with Crippen LogP contribution in [-0.4, -0.2) is 39.5 Å². The fourth-order valence-electron chi connectivity index (χ4n) is 3.06. The van der Waals surface area contributed by atoms with E-state index < -0.39 is 0 Å². The van der Waals surface area contributed by atoms with Crippen LogP contribution in [0.2, 0.25) is 5.02 Å². The molecule has 2 heterocycles. The number of anilines is 2. The molecule has 0 saturated heterocycles. The topological polar surface area (TPSA) is 117 Å². The van der Waals surface area contributed by atoms with E-state index in [0.29, 0.717) is 44.7 Å². The number of carbonyl (C=O) groups excluding carboxylic acids is 2. The minimum absolute atomic E-state index is 0.164. The number of nitrogens with one attached hydrogen (secondary N) is 3. The molecular formula is C21H19ClN6O3S. The third-order valence-corrected chi connectivity index (χ3v) is 5.74. The van der Waals surface area contributed by atoms with Crippen molar-refractivity contribution in [2.24, 2.45) is 0 Å². The van der Waals surface area contributed by atoms with Gasteiger partial charge in [-0.1, -0.05) is 29.0 Å². The van der Waals surface area contributed by atoms with Crippen molar-refractivity contribution in [1.29, 1.82) is 0 Å². The van der Waals surface area contributed by atoms with E-state index in [2.05, 4.69) is 26.0 Å². The Balaban J connectivity index is 1.62. The Kier molecular flexibility index (Phi) is 6.06. The quantitative estimate of drug-likeness (QED) is 0.373. The Bertz CT molecular complexity index is 1410. The molecule has 0 aliphatic heterocycles. The van der Waals surface area contributed by atoms with Gasteiger partial charge in [0.1, 0.15) is 0 Å². The molecule has 0 fully saturated rings. The van der Waals surface area contributed by atoms with Crippen molar-refractivity contribution in [3.8, 4) is 0 Å². The van der Waals surface area contributed by atoms with Crippen LogP contribution in [0.1, 0.15) is 22.8 Å². The molecule has 0 atom stereocenters. The number of rotatable bonds is 6. The zero-order valence-corrected chi connectivity index (χ0v) is 18.8. The number of fused-ring (bicyclic) bond motifs is 2. The molecule has 3 N–H and O–H groups in total. The molecule has 2 aromatic heterocycles. The lowest BCUT2D eigenvalue weighted by atomic mass is 10.1. The maximum absolute atomic E-state index is 12.9. The molecule has 0 bridgehead atoms. The minimum Gasteiger partial charge on any atom is -0.355 e. The van der Waals surface area contributed by atoms with Crippen molar-refractivity contribution in [2.75, 3.05) is 18.4 Å². The standard InChI is InChI=1S/C21H19ClN6O3S/c1-11-3-5-14(22)10-16(11)25-20-27-28-19(31)15-6-4-13(9-17(15)26-21(28)32-20)18(30)24-8-7-23-12(2)29/h3-6,9-10H,7-8H2,1-2H3,(H,23,29)(H,24,30)(H,25,27). The third-order valence-electron chi connectivity index (χ3n) is 4.68. The molecule has 0 spiro atoms. The number of nitrogens with zero attached hydrogens (tertiary/aromatic N) is 3. The smallest absolute Gasteiger partial charge is 0.283 e. The van der Waals surface area contributed by atoms with E-state index in [9.17, 15) is 14.4 Å². The summed E-state index contributed by atoms with van der Waals surface area (Å²) >= 11 is 7.29. The summed E-state index contributed by atoms with van der Waals surface area (Å²) in [5, 5.41) is 14.3. The Morgan fingerprint density at radius 3 is 2.69 bits per heavy atom. The number of hydrogen-bond acceptors (Lipinski definition) is 7. The molecule has 4 aromatic rings. The van der Waals surface area contributed by atoms with Crippen molar-refractivity contribution < 1.29 is 9.59 Å². The molecule has 0 saturated carbocycles. The molecule has 0 unspecified atom stereocenters. The van der Waals surface area contributed by atoms with Crippen LogP contribution in [0, 0.1) is 6.92 Å². The Hall–Kier alpha value is -3.50. The van der Waals surface area contributed by atoms with Gasteiger partial charge in [0.25, 0.3) is 11.5 Å². The first-order valence-electron chi connectivity index (χ1n) is 9.71. The number of halogens is 1. The van der Waals surface area contributed by atoms with E-state index in [-0.39, 0.29) is 17.4 Å². The Morgan fingerprint density at radius 2 is 1.91 bits per heavy atom. The van der Waals surface area contributed by atoms with Crippen LogP contribution in [0.5, 0.6) is 0 Å². The summed E-state index contributed by atoms with van der Waals surface area (Å²) in [6, 6.07) is 10.2. The zero-order chi connectivity index (χ0) is 22.8. The van der Waals surface area contributed by atoms with E-state index in [1.54, 1.807) is 30.3 Å². The second-order valence-corrected chi connectivity index (χ2v) is 8.47. The fourth-order valence-corrected chi connectivity index (χ4v) is 4.04. The fraction of sp³-hybridized carbons (Fsp3) is 0.190. The average molecular weight is 471 g/mol. The monoisotopic (exact) mass is 470 g/mol. The second kappa shape index (κ2) is 8.93. The molecule has 4 rings (SSSR count). The van der Waals surface area contributed by atoms with Gasteiger partial charge in [0.2, 0.25) is 16.0 Å². The molecule has 0 aliphatic rings. The number of hydrogen-bond donors (Lipinski definition) is 3. The first-order valence-corrected chi connectivity index (χ1v) is 10.9. The van der Waals surface area contributed by atoms with Gasteiger partial charge < -0.3 is 16.0 Å². The van der Waals surface area contributed by atoms with Crippen LogP contribution in [0.3, 0.4) is 0 Å². The zero-order valence-electron chi connectivity index (χ0n) is 17.2. The van der Waals surface area contributed by atoms with Crippen molar-refractivity contribution in [2.45, 2.75) is 13.8 Å². The van der Waals surface area contributed by atoms with Gasteiger partial charge in [0, 0.05) is 36.3 Å². The van der Waals surface area contributed by atoms with E-state index in [1.807, 2.05) is 13.0 Å². The van der Waals surface area contributed by atoms with E-state index in [4.69, 9.17) is 11.6 Å². The van der Waals surface area contributed by atoms with Gasteiger partial charge in [-0.3, -0.25) is 14.4 Å². The third kappa shape index (κ3) is 4.56. The largest absolute Gasteiger partial charge is 0.355 e. The maximum atomic E-state index is 12.9. The SMILES string of the molecule is CC(=O)NCCNC(=O)c1ccc2c(=O)n3nc(Nc4cc(Cl)ccc4C)sc3nc2c1. The highest BCUT2D eigenvalue weighted by Crippen LogP contribution is 2.27. The lowest BCUT2D eigenvalue weighted by Gasteiger charge is -2.06. The van der Waals surface area contributed by atoms with Crippen molar-refractivity contribution >= 4 is 61.4 Å². The second-order valence-electron chi connectivity index (χ2n) is 7.07. The number of aryl methyl sites for hydroxylation is 1. The van der Waals surface area contributed by atoms with Gasteiger partial charge in [0.05, 0.1) is 10.9 Å². The lowest BCUT2D eigenvalue weighted by Crippen LogP contribution is -2.33. The molecular weight excluding hydrogens is 452 g/mol. The first-order chi connectivity index (χ1) is 15.3. The van der Waals surface area contributed by atoms with Crippen LogP contribution < -0.4 is 21.5 Å². The summed E-state index contributed by atoms with van der Waals surface area (Å²) in [6.07, 6.45) is 0. The molecule has 0 radical (unpaired) electrons. The normalized spacial score (nSPS) is 11.0. The lowest BCUT2D eigenvalue weighted by molar-refractivity contribution is -0.118. The molecule has 2 amide bonds. The number of amides is 2. The van der Waals surface area contributed by atoms with Gasteiger partial charge in [-0.05, 0) is 42.8 Å². The minimum atomic E-state index is -0.324. The number of benzene rings is 2. The summed E-state index contributed by atoms with van der Waals surface area (Å²) in [5.41, 5.74) is 2.21. The predicted molar refractivity (Wildman–Crippen MR) is 125 cm³/mol. The number of carbonyl (C=O) groups is 2.